The number of nitrogens with zero attached hydrogens (tertiary/aromatic N) is 2. The molecule has 0 N–H and O–H groups in total. The summed E-state index contributed by atoms with van der Waals surface area (Å²) in [5, 5.41) is 0.985. The normalized spacial score (nSPS) is 16.6. The molecule has 1 aliphatic rings. The molecule has 2 aromatic rings. The monoisotopic (exact) mass is 306 g/mol. The summed E-state index contributed by atoms with van der Waals surface area (Å²) >= 11 is 5.75. The minimum Gasteiger partial charge on any atom is -0.451 e. The molecule has 1 aliphatic heterocycles. The second-order valence-electron chi connectivity index (χ2n) is 5.47. The number of rotatable bonds is 3. The van der Waals surface area contributed by atoms with Crippen LogP contribution in [0.3, 0.4) is 0 Å². The third-order valence-electron chi connectivity index (χ3n) is 3.94. The van der Waals surface area contributed by atoms with Crippen molar-refractivity contribution in [1.29, 1.82) is 0 Å². The summed E-state index contributed by atoms with van der Waals surface area (Å²) in [5.41, 5.74) is 1.93. The van der Waals surface area contributed by atoms with Crippen LogP contribution in [0.4, 0.5) is 0 Å². The fraction of sp³-hybridized carbons (Fsp3) is 0.438. The van der Waals surface area contributed by atoms with Gasteiger partial charge >= 0.3 is 0 Å². The third-order valence-corrected chi connectivity index (χ3v) is 4.11. The zero-order valence-electron chi connectivity index (χ0n) is 12.1. The zero-order valence-corrected chi connectivity index (χ0v) is 12.9. The Kier molecular flexibility index (Phi) is 4.17. The second-order valence-corrected chi connectivity index (χ2v) is 5.85. The first kappa shape index (κ1) is 14.4. The molecule has 1 fully saturated rings. The van der Waals surface area contributed by atoms with Gasteiger partial charge in [0.2, 0.25) is 0 Å². The summed E-state index contributed by atoms with van der Waals surface area (Å²) < 4.78 is 5.69. The van der Waals surface area contributed by atoms with Crippen LogP contribution in [0.25, 0.3) is 11.0 Å². The van der Waals surface area contributed by atoms with Crippen LogP contribution >= 0.6 is 11.6 Å². The van der Waals surface area contributed by atoms with Crippen molar-refractivity contribution >= 4 is 28.5 Å². The van der Waals surface area contributed by atoms with Crippen LogP contribution < -0.4 is 0 Å². The average molecular weight is 307 g/mol. The van der Waals surface area contributed by atoms with Crippen molar-refractivity contribution in [2.45, 2.75) is 6.92 Å². The Hall–Kier alpha value is -1.52. The van der Waals surface area contributed by atoms with Crippen LogP contribution in [-0.4, -0.2) is 54.3 Å². The van der Waals surface area contributed by atoms with Crippen molar-refractivity contribution in [3.63, 3.8) is 0 Å². The molecule has 1 saturated heterocycles. The topological polar surface area (TPSA) is 36.7 Å². The van der Waals surface area contributed by atoms with Crippen molar-refractivity contribution in [3.05, 3.63) is 35.6 Å². The predicted octanol–water partition coefficient (Wildman–Crippen LogP) is 2.74. The lowest BCUT2D eigenvalue weighted by Crippen LogP contribution is -2.49. The molecule has 2 heterocycles. The largest absolute Gasteiger partial charge is 0.451 e. The highest BCUT2D eigenvalue weighted by Crippen LogP contribution is 2.22. The molecule has 1 aromatic heterocycles. The molecule has 21 heavy (non-hydrogen) atoms. The summed E-state index contributed by atoms with van der Waals surface area (Å²) in [4.78, 5) is 16.6. The van der Waals surface area contributed by atoms with E-state index < -0.39 is 0 Å². The highest BCUT2D eigenvalue weighted by atomic mass is 35.5. The minimum atomic E-state index is -0.0191. The van der Waals surface area contributed by atoms with E-state index in [-0.39, 0.29) is 5.91 Å². The van der Waals surface area contributed by atoms with Gasteiger partial charge in [0, 0.05) is 44.0 Å². The van der Waals surface area contributed by atoms with Crippen molar-refractivity contribution < 1.29 is 9.21 Å². The highest BCUT2D eigenvalue weighted by Gasteiger charge is 2.24. The van der Waals surface area contributed by atoms with E-state index in [1.54, 1.807) is 0 Å². The van der Waals surface area contributed by atoms with Crippen molar-refractivity contribution in [2.75, 3.05) is 38.6 Å². The van der Waals surface area contributed by atoms with Gasteiger partial charge in [0.05, 0.1) is 0 Å². The molecule has 0 aliphatic carbocycles. The van der Waals surface area contributed by atoms with Crippen LogP contribution in [-0.2, 0) is 0 Å². The minimum absolute atomic E-state index is 0.0191. The molecule has 0 radical (unpaired) electrons. The number of halogens is 1. The molecular weight excluding hydrogens is 288 g/mol. The fourth-order valence-electron chi connectivity index (χ4n) is 2.72. The Morgan fingerprint density at radius 3 is 2.71 bits per heavy atom. The van der Waals surface area contributed by atoms with Crippen molar-refractivity contribution in [3.8, 4) is 0 Å². The summed E-state index contributed by atoms with van der Waals surface area (Å²) in [5.74, 6) is 1.05. The zero-order chi connectivity index (χ0) is 14.8. The van der Waals surface area contributed by atoms with Gasteiger partial charge in [-0.3, -0.25) is 9.69 Å². The van der Waals surface area contributed by atoms with E-state index in [1.165, 1.54) is 0 Å². The summed E-state index contributed by atoms with van der Waals surface area (Å²) in [7, 11) is 0. The van der Waals surface area contributed by atoms with Crippen LogP contribution in [0.5, 0.6) is 0 Å². The third kappa shape index (κ3) is 3.06. The van der Waals surface area contributed by atoms with Gasteiger partial charge < -0.3 is 9.32 Å². The van der Waals surface area contributed by atoms with Crippen LogP contribution in [0, 0.1) is 6.92 Å². The Morgan fingerprint density at radius 1 is 1.24 bits per heavy atom. The number of alkyl halides is 1. The SMILES string of the molecule is Cc1ccc2oc(C(=O)N3CCN(CCCl)CC3)cc2c1. The van der Waals surface area contributed by atoms with Crippen LogP contribution in [0.15, 0.2) is 28.7 Å². The summed E-state index contributed by atoms with van der Waals surface area (Å²) in [6, 6.07) is 7.79. The van der Waals surface area contributed by atoms with E-state index in [0.717, 1.165) is 49.3 Å². The van der Waals surface area contributed by atoms with Crippen LogP contribution in [0.2, 0.25) is 0 Å². The lowest BCUT2D eigenvalue weighted by molar-refractivity contribution is 0.0615. The lowest BCUT2D eigenvalue weighted by Gasteiger charge is -2.33. The Labute approximate surface area is 129 Å². The second kappa shape index (κ2) is 6.08. The lowest BCUT2D eigenvalue weighted by atomic mass is 10.2. The first-order valence-electron chi connectivity index (χ1n) is 7.25. The maximum absolute atomic E-state index is 12.5. The first-order valence-corrected chi connectivity index (χ1v) is 7.78. The van der Waals surface area contributed by atoms with E-state index >= 15 is 0 Å². The predicted molar refractivity (Wildman–Crippen MR) is 84.0 cm³/mol. The molecule has 0 bridgehead atoms. The summed E-state index contributed by atoms with van der Waals surface area (Å²) in [6.07, 6.45) is 0. The number of piperazine rings is 1. The molecule has 1 amide bonds. The average Bonchev–Trinajstić information content (AvgIpc) is 2.90. The van der Waals surface area contributed by atoms with E-state index in [9.17, 15) is 4.79 Å². The molecule has 1 aromatic carbocycles. The number of hydrogen-bond acceptors (Lipinski definition) is 3. The molecule has 4 nitrogen and oxygen atoms in total. The molecule has 0 spiro atoms. The number of fused-ring (bicyclic) bond motifs is 1. The van der Waals surface area contributed by atoms with Crippen LogP contribution in [0.1, 0.15) is 16.1 Å². The molecule has 5 heteroatoms. The number of aryl methyl sites for hydroxylation is 1. The maximum atomic E-state index is 12.5. The number of benzene rings is 1. The molecule has 3 rings (SSSR count). The van der Waals surface area contributed by atoms with Gasteiger partial charge in [-0.15, -0.1) is 11.6 Å². The maximum Gasteiger partial charge on any atom is 0.289 e. The Bertz CT molecular complexity index is 645. The Balaban J connectivity index is 1.72. The number of hydrogen-bond donors (Lipinski definition) is 0. The van der Waals surface area contributed by atoms with E-state index in [2.05, 4.69) is 4.90 Å². The van der Waals surface area contributed by atoms with Gasteiger partial charge in [0.25, 0.3) is 5.91 Å². The quantitative estimate of drug-likeness (QED) is 0.818. The standard InChI is InChI=1S/C16H19ClN2O2/c1-12-2-3-14-13(10-12)11-15(21-14)16(20)19-8-6-18(5-4-17)7-9-19/h2-3,10-11H,4-9H2,1H3. The first-order chi connectivity index (χ1) is 10.2. The van der Waals surface area contributed by atoms with Gasteiger partial charge in [-0.05, 0) is 25.1 Å². The molecule has 0 unspecified atom stereocenters. The van der Waals surface area contributed by atoms with E-state index in [0.29, 0.717) is 11.6 Å². The molecule has 112 valence electrons. The van der Waals surface area contributed by atoms with Crippen molar-refractivity contribution in [2.24, 2.45) is 0 Å². The van der Waals surface area contributed by atoms with Gasteiger partial charge in [0.1, 0.15) is 5.58 Å². The Morgan fingerprint density at radius 2 is 2.00 bits per heavy atom. The molecule has 0 saturated carbocycles. The number of carbonyl (C=O) groups is 1. The highest BCUT2D eigenvalue weighted by molar-refractivity contribution is 6.18. The number of amides is 1. The molecule has 0 atom stereocenters. The van der Waals surface area contributed by atoms with Gasteiger partial charge in [-0.2, -0.15) is 0 Å². The van der Waals surface area contributed by atoms with Gasteiger partial charge in [-0.1, -0.05) is 11.6 Å². The smallest absolute Gasteiger partial charge is 0.289 e. The fourth-order valence-corrected chi connectivity index (χ4v) is 2.96. The molecular formula is C16H19ClN2O2. The number of carbonyl (C=O) groups excluding carboxylic acids is 1. The number of furan rings is 1. The van der Waals surface area contributed by atoms with Crippen molar-refractivity contribution in [1.82, 2.24) is 9.80 Å². The van der Waals surface area contributed by atoms with Gasteiger partial charge in [-0.25, -0.2) is 0 Å². The van der Waals surface area contributed by atoms with E-state index in [1.807, 2.05) is 36.1 Å². The van der Waals surface area contributed by atoms with E-state index in [4.69, 9.17) is 16.0 Å². The summed E-state index contributed by atoms with van der Waals surface area (Å²) in [6.45, 7) is 6.12. The van der Waals surface area contributed by atoms with Gasteiger partial charge in [0.15, 0.2) is 5.76 Å².